The van der Waals surface area contributed by atoms with Gasteiger partial charge in [-0.25, -0.2) is 9.82 Å². The van der Waals surface area contributed by atoms with Crippen LogP contribution in [-0.4, -0.2) is 31.9 Å². The Kier molecular flexibility index (Phi) is 5.99. The molecule has 1 saturated heterocycles. The van der Waals surface area contributed by atoms with Crippen molar-refractivity contribution < 1.29 is 14.2 Å². The summed E-state index contributed by atoms with van der Waals surface area (Å²) < 4.78 is 18.4. The molecule has 1 heterocycles. The first kappa shape index (κ1) is 17.8. The number of rotatable bonds is 7. The Morgan fingerprint density at radius 3 is 2.76 bits per heavy atom. The second kappa shape index (κ2) is 8.40. The van der Waals surface area contributed by atoms with E-state index in [-0.39, 0.29) is 11.9 Å². The number of aliphatic hydroxyl groups excluding tert-OH is 1. The molecule has 1 aliphatic heterocycles. The number of para-hydroxylation sites is 1. The fraction of sp³-hybridized carbons (Fsp3) is 0.368. The molecule has 0 amide bonds. The molecule has 2 aromatic carbocycles. The van der Waals surface area contributed by atoms with E-state index in [1.807, 2.05) is 24.3 Å². The van der Waals surface area contributed by atoms with Crippen LogP contribution in [0.1, 0.15) is 23.3 Å². The summed E-state index contributed by atoms with van der Waals surface area (Å²) in [6, 6.07) is 14.1. The number of aliphatic hydroxyl groups is 1. The lowest BCUT2D eigenvalue weighted by Gasteiger charge is -2.21. The molecule has 2 aromatic rings. The number of hydrogen-bond donors (Lipinski definition) is 4. The Bertz CT molecular complexity index is 681. The Morgan fingerprint density at radius 2 is 2.00 bits per heavy atom. The molecule has 6 heteroatoms. The summed E-state index contributed by atoms with van der Waals surface area (Å²) in [6.45, 7) is 1.97. The number of halogens is 1. The minimum absolute atomic E-state index is 0.108. The molecule has 3 atom stereocenters. The highest BCUT2D eigenvalue weighted by Crippen LogP contribution is 2.26. The van der Waals surface area contributed by atoms with Crippen molar-refractivity contribution in [2.24, 2.45) is 5.92 Å². The van der Waals surface area contributed by atoms with Crippen molar-refractivity contribution in [2.75, 3.05) is 26.7 Å². The zero-order chi connectivity index (χ0) is 17.6. The van der Waals surface area contributed by atoms with Crippen molar-refractivity contribution in [3.8, 4) is 5.75 Å². The topological polar surface area (TPSA) is 65.5 Å². The van der Waals surface area contributed by atoms with E-state index in [2.05, 4.69) is 16.2 Å². The lowest BCUT2D eigenvalue weighted by molar-refractivity contribution is 0.168. The zero-order valence-corrected chi connectivity index (χ0v) is 14.2. The molecule has 0 aliphatic carbocycles. The molecule has 0 bridgehead atoms. The van der Waals surface area contributed by atoms with E-state index < -0.39 is 6.10 Å². The molecule has 1 fully saturated rings. The maximum absolute atomic E-state index is 13.1. The van der Waals surface area contributed by atoms with Crippen LogP contribution in [0.5, 0.6) is 5.75 Å². The average molecular weight is 345 g/mol. The highest BCUT2D eigenvalue weighted by atomic mass is 19.1. The third-order valence-corrected chi connectivity index (χ3v) is 4.56. The first-order chi connectivity index (χ1) is 12.2. The van der Waals surface area contributed by atoms with Crippen molar-refractivity contribution in [3.63, 3.8) is 0 Å². The molecular weight excluding hydrogens is 321 g/mol. The van der Waals surface area contributed by atoms with Crippen molar-refractivity contribution in [2.45, 2.75) is 12.1 Å². The number of methoxy groups -OCH3 is 1. The van der Waals surface area contributed by atoms with Gasteiger partial charge in [-0.2, -0.15) is 0 Å². The van der Waals surface area contributed by atoms with Crippen molar-refractivity contribution >= 4 is 0 Å². The third kappa shape index (κ3) is 4.35. The highest BCUT2D eigenvalue weighted by Gasteiger charge is 2.28. The van der Waals surface area contributed by atoms with Crippen molar-refractivity contribution in [3.05, 3.63) is 65.5 Å². The number of hydrazine groups is 1. The zero-order valence-electron chi connectivity index (χ0n) is 14.2. The van der Waals surface area contributed by atoms with Gasteiger partial charge in [0.15, 0.2) is 0 Å². The van der Waals surface area contributed by atoms with Gasteiger partial charge in [0.2, 0.25) is 0 Å². The third-order valence-electron chi connectivity index (χ3n) is 4.56. The van der Waals surface area contributed by atoms with Crippen LogP contribution in [0.4, 0.5) is 4.39 Å². The van der Waals surface area contributed by atoms with Crippen LogP contribution < -0.4 is 20.9 Å². The van der Waals surface area contributed by atoms with Gasteiger partial charge in [0.25, 0.3) is 0 Å². The lowest BCUT2D eigenvalue weighted by Crippen LogP contribution is -2.31. The van der Waals surface area contributed by atoms with E-state index >= 15 is 0 Å². The van der Waals surface area contributed by atoms with Gasteiger partial charge in [-0.3, -0.25) is 5.43 Å². The van der Waals surface area contributed by atoms with E-state index in [0.717, 1.165) is 24.2 Å². The van der Waals surface area contributed by atoms with E-state index in [1.54, 1.807) is 19.2 Å². The monoisotopic (exact) mass is 345 g/mol. The molecule has 0 aromatic heterocycles. The molecule has 0 spiro atoms. The first-order valence-electron chi connectivity index (χ1n) is 8.44. The molecular formula is C19H24FN3O2. The first-order valence-corrected chi connectivity index (χ1v) is 8.44. The molecule has 0 radical (unpaired) electrons. The molecule has 25 heavy (non-hydrogen) atoms. The van der Waals surface area contributed by atoms with Gasteiger partial charge in [-0.05, 0) is 23.8 Å². The fourth-order valence-electron chi connectivity index (χ4n) is 3.21. The summed E-state index contributed by atoms with van der Waals surface area (Å²) >= 11 is 0. The smallest absolute Gasteiger partial charge is 0.124 e. The molecule has 134 valence electrons. The fourth-order valence-corrected chi connectivity index (χ4v) is 3.21. The summed E-state index contributed by atoms with van der Waals surface area (Å²) in [7, 11) is 1.60. The Labute approximate surface area is 147 Å². The largest absolute Gasteiger partial charge is 0.496 e. The van der Waals surface area contributed by atoms with Crippen LogP contribution in [-0.2, 0) is 0 Å². The van der Waals surface area contributed by atoms with Gasteiger partial charge in [0.1, 0.15) is 11.6 Å². The number of benzene rings is 2. The summed E-state index contributed by atoms with van der Waals surface area (Å²) in [5.41, 5.74) is 8.21. The summed E-state index contributed by atoms with van der Waals surface area (Å²) in [5.74, 6) is 0.754. The lowest BCUT2D eigenvalue weighted by atomic mass is 9.95. The highest BCUT2D eigenvalue weighted by molar-refractivity contribution is 5.35. The van der Waals surface area contributed by atoms with Crippen LogP contribution in [0.25, 0.3) is 0 Å². The minimum Gasteiger partial charge on any atom is -0.496 e. The molecule has 0 saturated carbocycles. The standard InChI is InChI=1S/C19H24FN3O2/c1-25-18-5-3-2-4-16(18)17(24)12-21-10-14-11-22-23-19(14)13-6-8-15(20)9-7-13/h2-9,14,17,19,21-24H,10-12H2,1H3. The maximum Gasteiger partial charge on any atom is 0.124 e. The van der Waals surface area contributed by atoms with E-state index in [1.165, 1.54) is 12.1 Å². The Balaban J connectivity index is 1.55. The van der Waals surface area contributed by atoms with Gasteiger partial charge in [-0.1, -0.05) is 30.3 Å². The Morgan fingerprint density at radius 1 is 1.24 bits per heavy atom. The second-order valence-electron chi connectivity index (χ2n) is 6.23. The molecule has 5 nitrogen and oxygen atoms in total. The number of ether oxygens (including phenoxy) is 1. The van der Waals surface area contributed by atoms with Crippen molar-refractivity contribution in [1.82, 2.24) is 16.2 Å². The summed E-state index contributed by atoms with van der Waals surface area (Å²) in [5, 5.41) is 13.7. The number of nitrogens with one attached hydrogen (secondary N) is 3. The van der Waals surface area contributed by atoms with Crippen molar-refractivity contribution in [1.29, 1.82) is 0 Å². The maximum atomic E-state index is 13.1. The van der Waals surface area contributed by atoms with E-state index in [4.69, 9.17) is 4.74 Å². The van der Waals surface area contributed by atoms with Crippen LogP contribution in [0.15, 0.2) is 48.5 Å². The van der Waals surface area contributed by atoms with Gasteiger partial charge in [0.05, 0.1) is 19.3 Å². The Hall–Kier alpha value is -1.99. The van der Waals surface area contributed by atoms with Gasteiger partial charge in [-0.15, -0.1) is 0 Å². The predicted octanol–water partition coefficient (Wildman–Crippen LogP) is 1.92. The minimum atomic E-state index is -0.636. The SMILES string of the molecule is COc1ccccc1C(O)CNCC1CNNC1c1ccc(F)cc1. The molecule has 1 aliphatic rings. The molecule has 3 rings (SSSR count). The van der Waals surface area contributed by atoms with Crippen LogP contribution in [0, 0.1) is 11.7 Å². The predicted molar refractivity (Wildman–Crippen MR) is 94.6 cm³/mol. The second-order valence-corrected chi connectivity index (χ2v) is 6.23. The van der Waals surface area contributed by atoms with E-state index in [0.29, 0.717) is 18.2 Å². The van der Waals surface area contributed by atoms with Gasteiger partial charge in [0, 0.05) is 31.1 Å². The number of hydrogen-bond acceptors (Lipinski definition) is 5. The van der Waals surface area contributed by atoms with Crippen LogP contribution >= 0.6 is 0 Å². The quantitative estimate of drug-likeness (QED) is 0.618. The normalized spacial score (nSPS) is 21.2. The van der Waals surface area contributed by atoms with Gasteiger partial charge >= 0.3 is 0 Å². The van der Waals surface area contributed by atoms with Crippen LogP contribution in [0.2, 0.25) is 0 Å². The van der Waals surface area contributed by atoms with Crippen LogP contribution in [0.3, 0.4) is 0 Å². The van der Waals surface area contributed by atoms with E-state index in [9.17, 15) is 9.50 Å². The van der Waals surface area contributed by atoms with Gasteiger partial charge < -0.3 is 15.2 Å². The summed E-state index contributed by atoms with van der Waals surface area (Å²) in [6.07, 6.45) is -0.636. The average Bonchev–Trinajstić information content (AvgIpc) is 3.10. The molecule has 3 unspecified atom stereocenters. The molecule has 4 N–H and O–H groups in total. The summed E-state index contributed by atoms with van der Waals surface area (Å²) in [4.78, 5) is 0.